The number of aryl methyl sites for hydroxylation is 2. The molecule has 21 heteroatoms. The summed E-state index contributed by atoms with van der Waals surface area (Å²) in [4.78, 5) is 73.0. The first-order chi connectivity index (χ1) is 42.0. The highest BCUT2D eigenvalue weighted by atomic mass is 32.1. The number of phenolic OH excluding ortho intramolecular Hbond substituents is 1. The van der Waals surface area contributed by atoms with Crippen LogP contribution in [0.2, 0.25) is 0 Å². The number of nitrogens with zero attached hydrogens (tertiary/aromatic N) is 10. The molecule has 6 aliphatic rings. The Hall–Kier alpha value is -7.49. The maximum atomic E-state index is 17.4. The van der Waals surface area contributed by atoms with Gasteiger partial charge in [0.1, 0.15) is 48.0 Å². The number of thiazole rings is 1. The first-order valence-electron chi connectivity index (χ1n) is 31.3. The molecule has 3 unspecified atom stereocenters. The van der Waals surface area contributed by atoms with Crippen LogP contribution in [-0.2, 0) is 20.7 Å². The maximum absolute atomic E-state index is 17.4. The second kappa shape index (κ2) is 23.9. The lowest BCUT2D eigenvalue weighted by Gasteiger charge is -2.43. The van der Waals surface area contributed by atoms with E-state index in [1.807, 2.05) is 83.5 Å². The molecule has 3 N–H and O–H groups in total. The lowest BCUT2D eigenvalue weighted by Crippen LogP contribution is -2.58. The third kappa shape index (κ3) is 11.1. The quantitative estimate of drug-likeness (QED) is 0.0822. The van der Waals surface area contributed by atoms with E-state index in [1.54, 1.807) is 39.5 Å². The highest BCUT2D eigenvalue weighted by molar-refractivity contribution is 7.13. The van der Waals surface area contributed by atoms with Gasteiger partial charge < -0.3 is 49.3 Å². The van der Waals surface area contributed by atoms with Gasteiger partial charge in [-0.3, -0.25) is 19.5 Å². The van der Waals surface area contributed by atoms with E-state index in [9.17, 15) is 19.5 Å². The SMILES string of the molecule is CCc1cccc2cc(O)cc(-c3ncc4c(N5CC6CCC(C5)N6)nc(OC[C@]56CCCN5[C@H](COC(=O)N5C[C@@H](C)N(c7cc(C(C(=O)N8CCC[C@H]8C(=O)N[C@@H](C)c8ccc(-c9scnc9C)cc8)C(C)C)on7)C[C@@H]5C)CC6)nc4c3F)c12. The minimum Gasteiger partial charge on any atom is -0.508 e. The summed E-state index contributed by atoms with van der Waals surface area (Å²) < 4.78 is 36.3. The van der Waals surface area contributed by atoms with Crippen molar-refractivity contribution in [2.75, 3.05) is 62.3 Å². The summed E-state index contributed by atoms with van der Waals surface area (Å²) in [6, 6.07) is 18.7. The number of nitrogens with one attached hydrogen (secondary N) is 2. The van der Waals surface area contributed by atoms with Gasteiger partial charge in [0.15, 0.2) is 17.4 Å². The molecule has 9 atom stereocenters. The summed E-state index contributed by atoms with van der Waals surface area (Å²) in [5.41, 5.74) is 6.32. The van der Waals surface area contributed by atoms with Crippen molar-refractivity contribution >= 4 is 62.6 Å². The first kappa shape index (κ1) is 58.5. The summed E-state index contributed by atoms with van der Waals surface area (Å²) in [7, 11) is 0. The molecular formula is C66H79FN12O7S. The number of aromatic hydroxyl groups is 1. The second-order valence-corrected chi connectivity index (χ2v) is 26.5. The van der Waals surface area contributed by atoms with E-state index in [4.69, 9.17) is 28.9 Å². The zero-order valence-electron chi connectivity index (χ0n) is 50.8. The molecule has 19 nitrogen and oxygen atoms in total. The van der Waals surface area contributed by atoms with Crippen LogP contribution in [0.5, 0.6) is 11.8 Å². The van der Waals surface area contributed by atoms with Crippen molar-refractivity contribution < 1.29 is 37.9 Å². The molecule has 87 heavy (non-hydrogen) atoms. The predicted molar refractivity (Wildman–Crippen MR) is 333 cm³/mol. The van der Waals surface area contributed by atoms with Crippen LogP contribution in [0.15, 0.2) is 76.9 Å². The predicted octanol–water partition coefficient (Wildman–Crippen LogP) is 10.3. The number of anilines is 2. The highest BCUT2D eigenvalue weighted by Crippen LogP contribution is 2.45. The van der Waals surface area contributed by atoms with Crippen LogP contribution < -0.4 is 25.2 Å². The fraction of sp³-hybridized carbons (Fsp3) is 0.515. The number of pyridine rings is 1. The second-order valence-electron chi connectivity index (χ2n) is 25.6. The molecule has 0 saturated carbocycles. The Kier molecular flexibility index (Phi) is 16.1. The Morgan fingerprint density at radius 3 is 2.48 bits per heavy atom. The molecule has 0 radical (unpaired) electrons. The number of carbonyl (C=O) groups excluding carboxylic acids is 3. The number of benzene rings is 3. The molecular weight excluding hydrogens is 1120 g/mol. The molecule has 13 rings (SSSR count). The van der Waals surface area contributed by atoms with Crippen molar-refractivity contribution in [3.05, 3.63) is 101 Å². The summed E-state index contributed by atoms with van der Waals surface area (Å²) in [5, 5.41) is 24.4. The van der Waals surface area contributed by atoms with E-state index < -0.39 is 17.8 Å². The van der Waals surface area contributed by atoms with Gasteiger partial charge in [-0.25, -0.2) is 14.2 Å². The number of fused-ring (bicyclic) bond motifs is 5. The van der Waals surface area contributed by atoms with E-state index in [2.05, 4.69) is 54.5 Å². The standard InChI is InChI=1S/C66H79FN12O7S/c1-8-42-12-9-13-45-26-49(80)27-50(56(42)45)58-57(67)59-51(29-68-58)61(75-32-46-19-20-47(33-75)71-46)73-64(72-59)85-35-66-22-11-25-79(66)48(21-23-66)34-84-65(83)78-31-38(4)77(30-39(78)5)54-28-53(86-74-54)55(37(2)3)63(82)76-24-10-14-52(76)62(81)70-40(6)43-15-17-44(18-16-43)60-41(7)69-36-87-60/h9,12-13,15-18,26-29,36-40,46-48,52,55,71,80H,8,10-11,14,19-25,30-35H2,1-7H3,(H,70,81)/t38-,39+,40+,46?,47?,48+,52+,55?,66-/m1/s1. The van der Waals surface area contributed by atoms with Crippen molar-refractivity contribution in [3.8, 4) is 33.5 Å². The maximum Gasteiger partial charge on any atom is 0.410 e. The van der Waals surface area contributed by atoms with Gasteiger partial charge in [0, 0.05) is 80.8 Å². The average Bonchev–Trinajstić information content (AvgIpc) is 1.81. The number of piperazine rings is 2. The molecule has 458 valence electrons. The van der Waals surface area contributed by atoms with Crippen molar-refractivity contribution in [1.82, 2.24) is 50.4 Å². The Labute approximate surface area is 511 Å². The smallest absolute Gasteiger partial charge is 0.410 e. The summed E-state index contributed by atoms with van der Waals surface area (Å²) in [5.74, 6) is -0.0428. The number of halogens is 1. The molecule has 7 aromatic rings. The topological polar surface area (TPSA) is 208 Å². The monoisotopic (exact) mass is 1200 g/mol. The van der Waals surface area contributed by atoms with Gasteiger partial charge in [-0.1, -0.05) is 68.4 Å². The van der Waals surface area contributed by atoms with Crippen LogP contribution in [0, 0.1) is 18.7 Å². The molecule has 10 heterocycles. The molecule has 3 aromatic carbocycles. The molecule has 2 bridgehead atoms. The van der Waals surface area contributed by atoms with Gasteiger partial charge in [0.25, 0.3) is 0 Å². The molecule has 6 saturated heterocycles. The van der Waals surface area contributed by atoms with Gasteiger partial charge in [-0.2, -0.15) is 9.97 Å². The van der Waals surface area contributed by atoms with Crippen LogP contribution in [0.3, 0.4) is 0 Å². The van der Waals surface area contributed by atoms with Crippen molar-refractivity contribution in [1.29, 1.82) is 0 Å². The number of carbonyl (C=O) groups is 3. The zero-order valence-corrected chi connectivity index (χ0v) is 51.6. The number of ether oxygens (including phenoxy) is 2. The normalized spacial score (nSPS) is 24.6. The zero-order chi connectivity index (χ0) is 60.4. The summed E-state index contributed by atoms with van der Waals surface area (Å²) >= 11 is 1.60. The number of amides is 3. The fourth-order valence-electron chi connectivity index (χ4n) is 15.1. The lowest BCUT2D eigenvalue weighted by molar-refractivity contribution is -0.141. The third-order valence-corrected chi connectivity index (χ3v) is 20.6. The Bertz CT molecular complexity index is 3720. The average molecular weight is 1200 g/mol. The van der Waals surface area contributed by atoms with Crippen molar-refractivity contribution in [3.63, 3.8) is 0 Å². The van der Waals surface area contributed by atoms with E-state index >= 15 is 4.39 Å². The van der Waals surface area contributed by atoms with Gasteiger partial charge in [0.2, 0.25) is 11.8 Å². The van der Waals surface area contributed by atoms with Crippen LogP contribution in [0.25, 0.3) is 43.4 Å². The van der Waals surface area contributed by atoms with Crippen LogP contribution in [-0.4, -0.2) is 157 Å². The molecule has 4 aromatic heterocycles. The molecule has 6 aliphatic heterocycles. The number of phenols is 1. The van der Waals surface area contributed by atoms with Crippen molar-refractivity contribution in [2.24, 2.45) is 5.92 Å². The van der Waals surface area contributed by atoms with Gasteiger partial charge in [-0.05, 0) is 138 Å². The van der Waals surface area contributed by atoms with Gasteiger partial charge in [0.05, 0.1) is 33.0 Å². The van der Waals surface area contributed by atoms with Crippen molar-refractivity contribution in [2.45, 2.75) is 160 Å². The third-order valence-electron chi connectivity index (χ3n) is 19.6. The number of rotatable bonds is 16. The largest absolute Gasteiger partial charge is 0.508 e. The van der Waals surface area contributed by atoms with E-state index in [0.29, 0.717) is 73.1 Å². The van der Waals surface area contributed by atoms with E-state index in [1.165, 1.54) is 0 Å². The molecule has 0 spiro atoms. The minimum atomic E-state index is -0.651. The lowest BCUT2D eigenvalue weighted by atomic mass is 9.91. The van der Waals surface area contributed by atoms with Crippen LogP contribution in [0.1, 0.15) is 127 Å². The fourth-order valence-corrected chi connectivity index (χ4v) is 15.9. The number of aromatic nitrogens is 5. The van der Waals surface area contributed by atoms with Gasteiger partial charge in [-0.15, -0.1) is 11.3 Å². The number of likely N-dealkylation sites (tertiary alicyclic amines) is 1. The Balaban J connectivity index is 0.647. The molecule has 0 aliphatic carbocycles. The van der Waals surface area contributed by atoms with Crippen LogP contribution in [0.4, 0.5) is 20.8 Å². The van der Waals surface area contributed by atoms with Gasteiger partial charge >= 0.3 is 12.1 Å². The first-order valence-corrected chi connectivity index (χ1v) is 32.2. The molecule has 3 amide bonds. The van der Waals surface area contributed by atoms with Crippen LogP contribution >= 0.6 is 11.3 Å². The Morgan fingerprint density at radius 1 is 0.920 bits per heavy atom. The van der Waals surface area contributed by atoms with E-state index in [0.717, 1.165) is 109 Å². The Morgan fingerprint density at radius 2 is 1.72 bits per heavy atom. The minimum absolute atomic E-state index is 0.0174. The highest BCUT2D eigenvalue weighted by Gasteiger charge is 2.51. The number of hydrogen-bond acceptors (Lipinski definition) is 17. The summed E-state index contributed by atoms with van der Waals surface area (Å²) in [6.45, 7) is 18.2. The number of hydrogen-bond donors (Lipinski definition) is 3. The molecule has 6 fully saturated rings. The van der Waals surface area contributed by atoms with E-state index in [-0.39, 0.29) is 83.1 Å². The summed E-state index contributed by atoms with van der Waals surface area (Å²) in [6.07, 6.45) is 8.93.